The molecule has 7 rings (SSSR count). The fourth-order valence-electron chi connectivity index (χ4n) is 5.68. The molecule has 3 atom stereocenters. The molecule has 2 amide bonds. The average Bonchev–Trinajstić information content (AvgIpc) is 3.28. The average molecular weight is 517 g/mol. The Morgan fingerprint density at radius 2 is 2.08 bits per heavy atom. The number of nitrogens with one attached hydrogen (secondary N) is 2. The molecule has 4 aromatic rings. The van der Waals surface area contributed by atoms with Gasteiger partial charge in [0.05, 0.1) is 35.7 Å². The fraction of sp³-hybridized carbons (Fsp3) is 0.370. The summed E-state index contributed by atoms with van der Waals surface area (Å²) in [6.07, 6.45) is 8.81. The molecule has 0 bridgehead atoms. The molecular weight excluding hydrogens is 488 g/mol. The number of nitrogens with zero attached hydrogens (tertiary/aromatic N) is 4. The molecule has 4 heterocycles. The van der Waals surface area contributed by atoms with E-state index in [2.05, 4.69) is 38.4 Å². The highest BCUT2D eigenvalue weighted by Crippen LogP contribution is 2.44. The lowest BCUT2D eigenvalue weighted by Gasteiger charge is -2.28. The van der Waals surface area contributed by atoms with Crippen molar-refractivity contribution in [2.45, 2.75) is 56.2 Å². The lowest BCUT2D eigenvalue weighted by molar-refractivity contribution is -0.0000976. The number of pyridine rings is 1. The summed E-state index contributed by atoms with van der Waals surface area (Å²) in [5.41, 5.74) is 6.96. The highest BCUT2D eigenvalue weighted by atomic mass is 32.2. The molecular formula is C27H28N6O3S. The van der Waals surface area contributed by atoms with Gasteiger partial charge in [-0.25, -0.2) is 9.31 Å². The first-order valence-corrected chi connectivity index (χ1v) is 14.0. The van der Waals surface area contributed by atoms with Gasteiger partial charge in [0.25, 0.3) is 5.03 Å². The molecule has 0 saturated heterocycles. The number of amides is 2. The molecule has 0 spiro atoms. The van der Waals surface area contributed by atoms with Crippen molar-refractivity contribution in [3.8, 4) is 11.1 Å². The summed E-state index contributed by atoms with van der Waals surface area (Å²) in [4.78, 5) is 13.2. The summed E-state index contributed by atoms with van der Waals surface area (Å²) in [5, 5.41) is 12.3. The number of hydrogen-bond donors (Lipinski definition) is 2. The van der Waals surface area contributed by atoms with Crippen molar-refractivity contribution in [3.05, 3.63) is 65.6 Å². The number of aromatic nitrogens is 4. The van der Waals surface area contributed by atoms with Gasteiger partial charge >= 0.3 is 6.03 Å². The minimum absolute atomic E-state index is 0.121. The quantitative estimate of drug-likeness (QED) is 0.378. The van der Waals surface area contributed by atoms with Crippen LogP contribution in [0.2, 0.25) is 0 Å². The molecule has 1 fully saturated rings. The lowest BCUT2D eigenvalue weighted by atomic mass is 9.97. The second kappa shape index (κ2) is 8.90. The predicted octanol–water partition coefficient (Wildman–Crippen LogP) is 4.57. The summed E-state index contributed by atoms with van der Waals surface area (Å²) < 4.78 is 25.5. The Labute approximate surface area is 217 Å². The Balaban J connectivity index is 1.15. The monoisotopic (exact) mass is 516 g/mol. The van der Waals surface area contributed by atoms with E-state index >= 15 is 0 Å². The maximum absolute atomic E-state index is 13.2. The predicted molar refractivity (Wildman–Crippen MR) is 140 cm³/mol. The van der Waals surface area contributed by atoms with E-state index in [9.17, 15) is 9.35 Å². The van der Waals surface area contributed by atoms with E-state index in [-0.39, 0.29) is 12.1 Å². The molecule has 2 N–H and O–H groups in total. The SMILES string of the molecule is CC1OCC(C2CC2)n2nc([S+]([O-])NC(=O)Nc3c(-c4ccn5nccc5c4)ccc4c3CCC4)cc21. The number of anilines is 1. The van der Waals surface area contributed by atoms with Crippen LogP contribution in [0, 0.1) is 5.92 Å². The number of fused-ring (bicyclic) bond motifs is 3. The maximum atomic E-state index is 13.2. The van der Waals surface area contributed by atoms with Crippen LogP contribution in [0.5, 0.6) is 0 Å². The van der Waals surface area contributed by atoms with Gasteiger partial charge in [0.1, 0.15) is 11.4 Å². The van der Waals surface area contributed by atoms with Crippen molar-refractivity contribution < 1.29 is 14.1 Å². The first kappa shape index (κ1) is 22.8. The highest BCUT2D eigenvalue weighted by molar-refractivity contribution is 7.90. The second-order valence-corrected chi connectivity index (χ2v) is 11.3. The molecule has 1 aromatic carbocycles. The summed E-state index contributed by atoms with van der Waals surface area (Å²) in [6.45, 7) is 2.59. The van der Waals surface area contributed by atoms with Crippen molar-refractivity contribution in [3.63, 3.8) is 0 Å². The van der Waals surface area contributed by atoms with E-state index in [0.29, 0.717) is 17.6 Å². The van der Waals surface area contributed by atoms with E-state index < -0.39 is 17.4 Å². The van der Waals surface area contributed by atoms with E-state index in [1.807, 2.05) is 34.5 Å². The van der Waals surface area contributed by atoms with Gasteiger partial charge in [-0.1, -0.05) is 12.1 Å². The second-order valence-electron chi connectivity index (χ2n) is 10.2. The van der Waals surface area contributed by atoms with Gasteiger partial charge in [0.15, 0.2) is 0 Å². The van der Waals surface area contributed by atoms with Gasteiger partial charge in [0, 0.05) is 24.0 Å². The van der Waals surface area contributed by atoms with Crippen molar-refractivity contribution >= 4 is 28.6 Å². The number of rotatable bonds is 5. The molecule has 3 aliphatic rings. The van der Waals surface area contributed by atoms with Crippen LogP contribution >= 0.6 is 0 Å². The van der Waals surface area contributed by atoms with E-state index in [1.165, 1.54) is 18.4 Å². The third-order valence-electron chi connectivity index (χ3n) is 7.76. The van der Waals surface area contributed by atoms with Crippen LogP contribution in [-0.4, -0.2) is 36.6 Å². The molecule has 10 heteroatoms. The number of carbonyl (C=O) groups excluding carboxylic acids is 1. The number of ether oxygens (including phenoxy) is 1. The van der Waals surface area contributed by atoms with Crippen molar-refractivity contribution in [1.29, 1.82) is 0 Å². The lowest BCUT2D eigenvalue weighted by Crippen LogP contribution is -2.35. The first-order chi connectivity index (χ1) is 18.0. The van der Waals surface area contributed by atoms with Crippen LogP contribution < -0.4 is 10.0 Å². The van der Waals surface area contributed by atoms with Crippen LogP contribution in [0.25, 0.3) is 16.6 Å². The number of hydrogen-bond acceptors (Lipinski definition) is 5. The minimum Gasteiger partial charge on any atom is -0.586 e. The maximum Gasteiger partial charge on any atom is 0.361 e. The van der Waals surface area contributed by atoms with Crippen molar-refractivity contribution in [1.82, 2.24) is 24.1 Å². The molecule has 2 aliphatic carbocycles. The molecule has 0 radical (unpaired) electrons. The van der Waals surface area contributed by atoms with Gasteiger partial charge < -0.3 is 14.6 Å². The fourth-order valence-corrected chi connectivity index (χ4v) is 6.39. The van der Waals surface area contributed by atoms with Gasteiger partial charge in [-0.2, -0.15) is 5.10 Å². The van der Waals surface area contributed by atoms with Gasteiger partial charge in [-0.15, -0.1) is 9.82 Å². The molecule has 1 aliphatic heterocycles. The van der Waals surface area contributed by atoms with Crippen LogP contribution in [0.4, 0.5) is 10.5 Å². The number of urea groups is 1. The number of benzene rings is 1. The van der Waals surface area contributed by atoms with Crippen LogP contribution in [-0.2, 0) is 28.9 Å². The molecule has 37 heavy (non-hydrogen) atoms. The number of aryl methyl sites for hydroxylation is 1. The Morgan fingerprint density at radius 3 is 2.95 bits per heavy atom. The Hall–Kier alpha value is -3.34. The van der Waals surface area contributed by atoms with Crippen molar-refractivity contribution in [2.75, 3.05) is 11.9 Å². The van der Waals surface area contributed by atoms with Crippen LogP contribution in [0.1, 0.15) is 55.2 Å². The third-order valence-corrected chi connectivity index (χ3v) is 8.71. The molecule has 9 nitrogen and oxygen atoms in total. The van der Waals surface area contributed by atoms with Crippen molar-refractivity contribution in [2.24, 2.45) is 5.92 Å². The molecule has 190 valence electrons. The zero-order chi connectivity index (χ0) is 25.1. The first-order valence-electron chi connectivity index (χ1n) is 12.8. The zero-order valence-corrected chi connectivity index (χ0v) is 21.3. The smallest absolute Gasteiger partial charge is 0.361 e. The molecule has 3 unspecified atom stereocenters. The van der Waals surface area contributed by atoms with Crippen LogP contribution in [0.15, 0.2) is 53.8 Å². The summed E-state index contributed by atoms with van der Waals surface area (Å²) in [5.74, 6) is 0.559. The van der Waals surface area contributed by atoms with Gasteiger partial charge in [0.2, 0.25) is 0 Å². The largest absolute Gasteiger partial charge is 0.586 e. The Morgan fingerprint density at radius 1 is 1.19 bits per heavy atom. The normalized spacial score (nSPS) is 21.5. The van der Waals surface area contributed by atoms with Gasteiger partial charge in [-0.05, 0) is 79.8 Å². The third kappa shape index (κ3) is 4.09. The highest BCUT2D eigenvalue weighted by Gasteiger charge is 2.39. The molecule has 3 aromatic heterocycles. The van der Waals surface area contributed by atoms with E-state index in [4.69, 9.17) is 4.74 Å². The Bertz CT molecular complexity index is 1510. The molecule has 1 saturated carbocycles. The summed E-state index contributed by atoms with van der Waals surface area (Å²) >= 11 is -1.80. The Kier molecular flexibility index (Phi) is 5.49. The zero-order valence-electron chi connectivity index (χ0n) is 20.5. The van der Waals surface area contributed by atoms with E-state index in [1.54, 1.807) is 12.3 Å². The van der Waals surface area contributed by atoms with Gasteiger partial charge in [-0.3, -0.25) is 4.68 Å². The summed E-state index contributed by atoms with van der Waals surface area (Å²) in [6, 6.07) is 11.7. The topological polar surface area (TPSA) is 109 Å². The van der Waals surface area contributed by atoms with E-state index in [0.717, 1.165) is 52.9 Å². The minimum atomic E-state index is -1.80. The standard InChI is InChI=1S/C27H28N6O3S/c1-16-23-14-25(30-33(23)24(15-36-16)18-5-6-18)37(35)31-27(34)29-26-21-4-2-3-17(21)7-8-22(26)19-10-12-32-20(13-19)9-11-28-32/h7-14,16,18,24H,2-6,15H2,1H3,(H2,29,31,34). The number of carbonyl (C=O) groups is 1. The van der Waals surface area contributed by atoms with Crippen LogP contribution in [0.3, 0.4) is 0 Å². The summed E-state index contributed by atoms with van der Waals surface area (Å²) in [7, 11) is 0.